The van der Waals surface area contributed by atoms with E-state index in [0.717, 1.165) is 21.1 Å². The fourth-order valence-corrected chi connectivity index (χ4v) is 4.65. The molecule has 2 aromatic rings. The number of non-ortho nitro benzene ring substituents is 1. The van der Waals surface area contributed by atoms with Gasteiger partial charge in [0.1, 0.15) is 5.71 Å². The number of rotatable bonds is 2. The first kappa shape index (κ1) is 21.0. The number of aromatic nitrogens is 1. The third kappa shape index (κ3) is 2.86. The minimum Gasteiger partial charge on any atom is -0.393 e. The van der Waals surface area contributed by atoms with Crippen LogP contribution in [-0.2, 0) is 6.18 Å². The minimum atomic E-state index is -4.93. The van der Waals surface area contributed by atoms with Crippen molar-refractivity contribution in [1.82, 2.24) is 4.48 Å². The summed E-state index contributed by atoms with van der Waals surface area (Å²) in [4.78, 5) is 10.2. The number of nitro groups is 1. The standard InChI is InChI=1S/C20H17BF5N3O2/c1-10-7-12(3)27-18(10)17(19-11(2)8-13(4)28(19)21(27,25)26)15-6-5-14(29(30)31)9-16(15)20(22,23)24/h5-9H,1-4H3. The van der Waals surface area contributed by atoms with Gasteiger partial charge in [-0.2, -0.15) is 13.2 Å². The number of hydrogen-bond acceptors (Lipinski definition) is 2. The molecule has 2 aliphatic heterocycles. The summed E-state index contributed by atoms with van der Waals surface area (Å²) < 4.78 is 74.7. The van der Waals surface area contributed by atoms with Crippen molar-refractivity contribution in [2.75, 3.05) is 0 Å². The van der Waals surface area contributed by atoms with E-state index in [2.05, 4.69) is 0 Å². The maximum absolute atomic E-state index is 15.6. The van der Waals surface area contributed by atoms with Gasteiger partial charge in [-0.1, -0.05) is 0 Å². The second-order valence-electron chi connectivity index (χ2n) is 7.82. The van der Waals surface area contributed by atoms with E-state index in [1.54, 1.807) is 13.8 Å². The third-order valence-corrected chi connectivity index (χ3v) is 5.72. The van der Waals surface area contributed by atoms with Gasteiger partial charge in [0.15, 0.2) is 5.70 Å². The first-order valence-corrected chi connectivity index (χ1v) is 9.40. The van der Waals surface area contributed by atoms with Gasteiger partial charge in [-0.25, -0.2) is 0 Å². The van der Waals surface area contributed by atoms with E-state index < -0.39 is 29.3 Å². The first-order chi connectivity index (χ1) is 14.3. The monoisotopic (exact) mass is 437 g/mol. The first-order valence-electron chi connectivity index (χ1n) is 9.40. The molecule has 0 spiro atoms. The molecule has 3 heterocycles. The maximum Gasteiger partial charge on any atom is 0.737 e. The van der Waals surface area contributed by atoms with E-state index in [-0.39, 0.29) is 33.9 Å². The van der Waals surface area contributed by atoms with Crippen LogP contribution in [-0.4, -0.2) is 26.6 Å². The highest BCUT2D eigenvalue weighted by molar-refractivity contribution is 6.58. The summed E-state index contributed by atoms with van der Waals surface area (Å²) in [6, 6.07) is 3.90. The van der Waals surface area contributed by atoms with Gasteiger partial charge in [0.25, 0.3) is 5.69 Å². The Kier molecular flexibility index (Phi) is 4.33. The lowest BCUT2D eigenvalue weighted by atomic mass is 9.82. The number of allylic oxidation sites excluding steroid dienone is 2. The van der Waals surface area contributed by atoms with E-state index in [0.29, 0.717) is 17.2 Å². The van der Waals surface area contributed by atoms with E-state index in [9.17, 15) is 23.3 Å². The van der Waals surface area contributed by atoms with Crippen LogP contribution in [0.1, 0.15) is 41.9 Å². The largest absolute Gasteiger partial charge is 0.737 e. The summed E-state index contributed by atoms with van der Waals surface area (Å²) in [7, 11) is 0. The Morgan fingerprint density at radius 1 is 1.10 bits per heavy atom. The number of aryl methyl sites for hydroxylation is 2. The molecule has 11 heteroatoms. The van der Waals surface area contributed by atoms with Crippen LogP contribution < -0.4 is 0 Å². The van der Waals surface area contributed by atoms with Gasteiger partial charge >= 0.3 is 13.1 Å². The molecule has 162 valence electrons. The fraction of sp³-hybridized carbons (Fsp3) is 0.250. The molecule has 2 aliphatic rings. The van der Waals surface area contributed by atoms with Gasteiger partial charge in [-0.15, -0.1) is 0 Å². The Hall–Kier alpha value is -3.24. The molecule has 0 fully saturated rings. The Balaban J connectivity index is 2.20. The average Bonchev–Trinajstić information content (AvgIpc) is 3.11. The van der Waals surface area contributed by atoms with Gasteiger partial charge in [-0.05, 0) is 44.2 Å². The molecule has 4 rings (SSSR count). The molecular weight excluding hydrogens is 420 g/mol. The summed E-state index contributed by atoms with van der Waals surface area (Å²) in [5, 5.41) is 11.1. The van der Waals surface area contributed by atoms with E-state index in [1.807, 2.05) is 0 Å². The highest BCUT2D eigenvalue weighted by Crippen LogP contribution is 2.47. The number of benzene rings is 1. The number of nitro benzene ring substituents is 1. The summed E-state index contributed by atoms with van der Waals surface area (Å²) in [5.41, 5.74) is -1.21. The van der Waals surface area contributed by atoms with Crippen LogP contribution >= 0.6 is 0 Å². The van der Waals surface area contributed by atoms with E-state index in [4.69, 9.17) is 0 Å². The second-order valence-corrected chi connectivity index (χ2v) is 7.82. The van der Waals surface area contributed by atoms with Crippen molar-refractivity contribution < 1.29 is 31.2 Å². The Bertz CT molecular complexity index is 1270. The van der Waals surface area contributed by atoms with Crippen molar-refractivity contribution in [3.63, 3.8) is 0 Å². The van der Waals surface area contributed by atoms with Crippen LogP contribution in [0.25, 0.3) is 5.57 Å². The maximum atomic E-state index is 15.6. The van der Waals surface area contributed by atoms with Crippen LogP contribution in [0, 0.1) is 24.0 Å². The van der Waals surface area contributed by atoms with Crippen molar-refractivity contribution in [1.29, 1.82) is 0 Å². The molecule has 1 aromatic heterocycles. The van der Waals surface area contributed by atoms with Crippen LogP contribution in [0.4, 0.5) is 27.5 Å². The van der Waals surface area contributed by atoms with Gasteiger partial charge in [-0.3, -0.25) is 10.1 Å². The SMILES string of the molecule is CC1=CC(C)=[N+]2C1=C(c1ccc([N+](=O)[O-])cc1C(F)(F)F)c1c(C)cc(C)n1[B-]2(F)F. The van der Waals surface area contributed by atoms with Gasteiger partial charge in [0.2, 0.25) is 0 Å². The molecule has 0 saturated heterocycles. The second kappa shape index (κ2) is 6.38. The van der Waals surface area contributed by atoms with Gasteiger partial charge < -0.3 is 17.6 Å². The van der Waals surface area contributed by atoms with Crippen LogP contribution in [0.2, 0.25) is 0 Å². The normalized spacial score (nSPS) is 17.6. The molecule has 0 aliphatic carbocycles. The zero-order valence-electron chi connectivity index (χ0n) is 17.0. The quantitative estimate of drug-likeness (QED) is 0.271. The lowest BCUT2D eigenvalue weighted by Gasteiger charge is -2.34. The highest BCUT2D eigenvalue weighted by atomic mass is 19.4. The predicted octanol–water partition coefficient (Wildman–Crippen LogP) is 5.46. The Morgan fingerprint density at radius 2 is 1.74 bits per heavy atom. The summed E-state index contributed by atoms with van der Waals surface area (Å²) in [6.45, 7) is 1.73. The van der Waals surface area contributed by atoms with Crippen molar-refractivity contribution in [2.24, 2.45) is 0 Å². The highest BCUT2D eigenvalue weighted by Gasteiger charge is 2.55. The van der Waals surface area contributed by atoms with Crippen LogP contribution in [0.5, 0.6) is 0 Å². The Morgan fingerprint density at radius 3 is 2.32 bits per heavy atom. The molecule has 0 saturated carbocycles. The number of halogens is 5. The third-order valence-electron chi connectivity index (χ3n) is 5.72. The van der Waals surface area contributed by atoms with E-state index >= 15 is 8.63 Å². The molecule has 0 amide bonds. The summed E-state index contributed by atoms with van der Waals surface area (Å²) in [6.07, 6.45) is -3.43. The zero-order chi connectivity index (χ0) is 23.0. The molecule has 5 nitrogen and oxygen atoms in total. The van der Waals surface area contributed by atoms with Gasteiger partial charge in [0.05, 0.1) is 16.1 Å². The molecule has 0 N–H and O–H groups in total. The molecule has 31 heavy (non-hydrogen) atoms. The lowest BCUT2D eigenvalue weighted by Crippen LogP contribution is -2.51. The number of nitrogens with zero attached hydrogens (tertiary/aromatic N) is 3. The Labute approximate surface area is 174 Å². The average molecular weight is 437 g/mol. The number of alkyl halides is 3. The van der Waals surface area contributed by atoms with E-state index in [1.165, 1.54) is 26.0 Å². The minimum absolute atomic E-state index is 0.0180. The molecule has 0 unspecified atom stereocenters. The van der Waals surface area contributed by atoms with Crippen LogP contribution in [0.3, 0.4) is 0 Å². The van der Waals surface area contributed by atoms with Crippen molar-refractivity contribution in [2.45, 2.75) is 33.9 Å². The molecular formula is C20H17BF5N3O2. The van der Waals surface area contributed by atoms with Gasteiger partial charge in [0, 0.05) is 42.0 Å². The molecule has 0 radical (unpaired) electrons. The molecule has 0 bridgehead atoms. The topological polar surface area (TPSA) is 51.1 Å². The predicted molar refractivity (Wildman–Crippen MR) is 106 cm³/mol. The van der Waals surface area contributed by atoms with Crippen molar-refractivity contribution in [3.05, 3.63) is 79.8 Å². The lowest BCUT2D eigenvalue weighted by molar-refractivity contribution is -0.385. The molecule has 0 atom stereocenters. The fourth-order valence-electron chi connectivity index (χ4n) is 4.65. The summed E-state index contributed by atoms with van der Waals surface area (Å²) in [5.74, 6) is 0. The smallest absolute Gasteiger partial charge is 0.393 e. The zero-order valence-corrected chi connectivity index (χ0v) is 17.0. The van der Waals surface area contributed by atoms with Crippen molar-refractivity contribution in [3.8, 4) is 0 Å². The van der Waals surface area contributed by atoms with Crippen molar-refractivity contribution >= 4 is 23.9 Å². The number of fused-ring (bicyclic) bond motifs is 2. The summed E-state index contributed by atoms with van der Waals surface area (Å²) >= 11 is 0. The number of hydrogen-bond donors (Lipinski definition) is 0. The molecule has 1 aromatic carbocycles. The van der Waals surface area contributed by atoms with Crippen LogP contribution in [0.15, 0.2) is 41.6 Å².